The Hall–Kier alpha value is -3.54. The van der Waals surface area contributed by atoms with Crippen molar-refractivity contribution in [2.24, 2.45) is 0 Å². The lowest BCUT2D eigenvalue weighted by Crippen LogP contribution is -2.14. The molecular formula is C22H20O6. The summed E-state index contributed by atoms with van der Waals surface area (Å²) in [6.45, 7) is 5.33. The molecule has 0 aliphatic rings. The van der Waals surface area contributed by atoms with Crippen molar-refractivity contribution in [2.75, 3.05) is 19.8 Å². The fourth-order valence-electron chi connectivity index (χ4n) is 2.70. The zero-order valence-corrected chi connectivity index (χ0v) is 15.5. The van der Waals surface area contributed by atoms with Crippen LogP contribution in [0.3, 0.4) is 0 Å². The lowest BCUT2D eigenvalue weighted by molar-refractivity contribution is -0.144. The molecule has 3 rings (SSSR count). The average molecular weight is 380 g/mol. The van der Waals surface area contributed by atoms with Gasteiger partial charge in [0.05, 0.1) is 6.61 Å². The standard InChI is InChI=1S/C22H20O6/c1-3-12-26-19(23)14-27-16-10-11-18-17(13-16)20(22(24)25-4-2)21(28-18)15-8-6-5-7-9-15/h3,5-11,13H,1,4,12,14H2,2H3. The average Bonchev–Trinajstić information content (AvgIpc) is 3.10. The molecule has 0 unspecified atom stereocenters. The molecule has 0 bridgehead atoms. The highest BCUT2D eigenvalue weighted by Crippen LogP contribution is 2.36. The fourth-order valence-corrected chi connectivity index (χ4v) is 2.70. The smallest absolute Gasteiger partial charge is 0.344 e. The van der Waals surface area contributed by atoms with Crippen LogP contribution in [0.2, 0.25) is 0 Å². The molecule has 1 heterocycles. The van der Waals surface area contributed by atoms with E-state index in [0.29, 0.717) is 28.0 Å². The predicted molar refractivity (Wildman–Crippen MR) is 104 cm³/mol. The number of carbonyl (C=O) groups excluding carboxylic acids is 2. The summed E-state index contributed by atoms with van der Waals surface area (Å²) in [4.78, 5) is 24.2. The van der Waals surface area contributed by atoms with E-state index in [9.17, 15) is 9.59 Å². The fraction of sp³-hybridized carbons (Fsp3) is 0.182. The number of rotatable bonds is 8. The Balaban J connectivity index is 1.97. The first-order valence-corrected chi connectivity index (χ1v) is 8.82. The molecule has 0 N–H and O–H groups in total. The van der Waals surface area contributed by atoms with E-state index in [4.69, 9.17) is 18.6 Å². The van der Waals surface area contributed by atoms with Gasteiger partial charge in [-0.2, -0.15) is 0 Å². The molecule has 144 valence electrons. The van der Waals surface area contributed by atoms with E-state index in [1.807, 2.05) is 30.3 Å². The van der Waals surface area contributed by atoms with Gasteiger partial charge in [0.2, 0.25) is 0 Å². The second kappa shape index (κ2) is 8.90. The Morgan fingerprint density at radius 2 is 1.89 bits per heavy atom. The molecule has 6 nitrogen and oxygen atoms in total. The molecular weight excluding hydrogens is 360 g/mol. The summed E-state index contributed by atoms with van der Waals surface area (Å²) in [7, 11) is 0. The molecule has 0 atom stereocenters. The van der Waals surface area contributed by atoms with Gasteiger partial charge >= 0.3 is 11.9 Å². The topological polar surface area (TPSA) is 75.0 Å². The van der Waals surface area contributed by atoms with Gasteiger partial charge in [-0.1, -0.05) is 43.0 Å². The van der Waals surface area contributed by atoms with Gasteiger partial charge in [-0.05, 0) is 25.1 Å². The van der Waals surface area contributed by atoms with Crippen LogP contribution in [-0.2, 0) is 14.3 Å². The van der Waals surface area contributed by atoms with Gasteiger partial charge in [-0.25, -0.2) is 9.59 Å². The molecule has 0 spiro atoms. The van der Waals surface area contributed by atoms with Gasteiger partial charge < -0.3 is 18.6 Å². The highest BCUT2D eigenvalue weighted by atomic mass is 16.6. The summed E-state index contributed by atoms with van der Waals surface area (Å²) in [5.74, 6) is -0.156. The van der Waals surface area contributed by atoms with Crippen molar-refractivity contribution >= 4 is 22.9 Å². The normalized spacial score (nSPS) is 10.5. The zero-order chi connectivity index (χ0) is 19.9. The SMILES string of the molecule is C=CCOC(=O)COc1ccc2oc(-c3ccccc3)c(C(=O)OCC)c2c1. The number of hydrogen-bond donors (Lipinski definition) is 0. The quantitative estimate of drug-likeness (QED) is 0.426. The van der Waals surface area contributed by atoms with E-state index >= 15 is 0 Å². The molecule has 3 aromatic rings. The number of carbonyl (C=O) groups is 2. The maximum absolute atomic E-state index is 12.6. The van der Waals surface area contributed by atoms with Crippen LogP contribution in [0, 0.1) is 0 Å². The Bertz CT molecular complexity index is 987. The maximum atomic E-state index is 12.6. The van der Waals surface area contributed by atoms with Crippen molar-refractivity contribution in [2.45, 2.75) is 6.92 Å². The minimum atomic E-state index is -0.511. The van der Waals surface area contributed by atoms with E-state index in [-0.39, 0.29) is 19.8 Å². The zero-order valence-electron chi connectivity index (χ0n) is 15.5. The Labute approximate surface area is 162 Å². The van der Waals surface area contributed by atoms with Crippen LogP contribution in [0.4, 0.5) is 0 Å². The summed E-state index contributed by atoms with van der Waals surface area (Å²) < 4.78 is 21.5. The van der Waals surface area contributed by atoms with Gasteiger partial charge in [0, 0.05) is 10.9 Å². The third-order valence-corrected chi connectivity index (χ3v) is 3.89. The van der Waals surface area contributed by atoms with Crippen molar-refractivity contribution in [3.05, 3.63) is 66.7 Å². The summed E-state index contributed by atoms with van der Waals surface area (Å²) in [6.07, 6.45) is 1.48. The van der Waals surface area contributed by atoms with Gasteiger partial charge in [-0.15, -0.1) is 0 Å². The number of benzene rings is 2. The third-order valence-electron chi connectivity index (χ3n) is 3.89. The number of hydrogen-bond acceptors (Lipinski definition) is 6. The summed E-state index contributed by atoms with van der Waals surface area (Å²) in [5, 5.41) is 0.550. The predicted octanol–water partition coefficient (Wildman–Crippen LogP) is 4.38. The first kappa shape index (κ1) is 19.2. The van der Waals surface area contributed by atoms with Gasteiger partial charge in [-0.3, -0.25) is 0 Å². The minimum Gasteiger partial charge on any atom is -0.482 e. The number of ether oxygens (including phenoxy) is 3. The van der Waals surface area contributed by atoms with Crippen LogP contribution in [-0.4, -0.2) is 31.8 Å². The van der Waals surface area contributed by atoms with Crippen molar-refractivity contribution in [1.29, 1.82) is 0 Å². The maximum Gasteiger partial charge on any atom is 0.344 e. The molecule has 0 aliphatic carbocycles. The number of esters is 2. The molecule has 0 amide bonds. The second-order valence-electron chi connectivity index (χ2n) is 5.81. The third kappa shape index (κ3) is 4.23. The van der Waals surface area contributed by atoms with Crippen molar-refractivity contribution in [3.8, 4) is 17.1 Å². The molecule has 0 saturated heterocycles. The lowest BCUT2D eigenvalue weighted by Gasteiger charge is -2.06. The summed E-state index contributed by atoms with van der Waals surface area (Å²) in [5.41, 5.74) is 1.60. The molecule has 0 radical (unpaired) electrons. The minimum absolute atomic E-state index is 0.121. The van der Waals surface area contributed by atoms with E-state index < -0.39 is 11.9 Å². The van der Waals surface area contributed by atoms with Gasteiger partial charge in [0.15, 0.2) is 6.61 Å². The van der Waals surface area contributed by atoms with Crippen LogP contribution in [0.5, 0.6) is 5.75 Å². The number of furan rings is 1. The summed E-state index contributed by atoms with van der Waals surface area (Å²) >= 11 is 0. The van der Waals surface area contributed by atoms with Crippen molar-refractivity contribution < 1.29 is 28.2 Å². The molecule has 1 aromatic heterocycles. The molecule has 2 aromatic carbocycles. The molecule has 0 saturated carbocycles. The number of fused-ring (bicyclic) bond motifs is 1. The highest BCUT2D eigenvalue weighted by Gasteiger charge is 2.23. The Kier molecular flexibility index (Phi) is 6.11. The monoisotopic (exact) mass is 380 g/mol. The molecule has 28 heavy (non-hydrogen) atoms. The van der Waals surface area contributed by atoms with E-state index in [0.717, 1.165) is 5.56 Å². The largest absolute Gasteiger partial charge is 0.482 e. The van der Waals surface area contributed by atoms with E-state index in [1.54, 1.807) is 25.1 Å². The van der Waals surface area contributed by atoms with E-state index in [1.165, 1.54) is 6.08 Å². The van der Waals surface area contributed by atoms with E-state index in [2.05, 4.69) is 6.58 Å². The second-order valence-corrected chi connectivity index (χ2v) is 5.81. The van der Waals surface area contributed by atoms with Crippen LogP contribution in [0.15, 0.2) is 65.6 Å². The molecule has 0 fully saturated rings. The van der Waals surface area contributed by atoms with Gasteiger partial charge in [0.25, 0.3) is 0 Å². The Morgan fingerprint density at radius 1 is 1.11 bits per heavy atom. The Morgan fingerprint density at radius 3 is 2.61 bits per heavy atom. The highest BCUT2D eigenvalue weighted by molar-refractivity contribution is 6.09. The van der Waals surface area contributed by atoms with Crippen molar-refractivity contribution in [3.63, 3.8) is 0 Å². The lowest BCUT2D eigenvalue weighted by atomic mass is 10.1. The van der Waals surface area contributed by atoms with Crippen LogP contribution >= 0.6 is 0 Å². The van der Waals surface area contributed by atoms with Crippen molar-refractivity contribution in [1.82, 2.24) is 0 Å². The first-order valence-electron chi connectivity index (χ1n) is 8.82. The van der Waals surface area contributed by atoms with Crippen LogP contribution < -0.4 is 4.74 Å². The van der Waals surface area contributed by atoms with Crippen LogP contribution in [0.25, 0.3) is 22.3 Å². The molecule has 6 heteroatoms. The molecule has 0 aliphatic heterocycles. The van der Waals surface area contributed by atoms with Gasteiger partial charge in [0.1, 0.15) is 29.3 Å². The summed E-state index contributed by atoms with van der Waals surface area (Å²) in [6, 6.07) is 14.3. The first-order chi connectivity index (χ1) is 13.6. The van der Waals surface area contributed by atoms with Crippen LogP contribution in [0.1, 0.15) is 17.3 Å².